The van der Waals surface area contributed by atoms with E-state index in [-0.39, 0.29) is 0 Å². The van der Waals surface area contributed by atoms with E-state index in [1.54, 1.807) is 7.11 Å². The zero-order valence-corrected chi connectivity index (χ0v) is 13.0. The second kappa shape index (κ2) is 5.71. The average molecular weight is 341 g/mol. The quantitative estimate of drug-likeness (QED) is 0.869. The Morgan fingerprint density at radius 2 is 2.26 bits per heavy atom. The Morgan fingerprint density at radius 1 is 1.53 bits per heavy atom. The zero-order chi connectivity index (χ0) is 14.0. The molecular weight excluding hydrogens is 328 g/mol. The van der Waals surface area contributed by atoms with Crippen LogP contribution in [0.4, 0.5) is 0 Å². The Kier molecular flexibility index (Phi) is 4.21. The standard InChI is InChI=1S/C13H13BrN2O2S/c1-7-16-11(12(19-7)13(15)17)8-4-3-5-10(18-2)9(8)6-14/h3-5H,6H2,1-2H3,(H2,15,17). The molecule has 2 aromatic rings. The summed E-state index contributed by atoms with van der Waals surface area (Å²) in [7, 11) is 1.62. The summed E-state index contributed by atoms with van der Waals surface area (Å²) >= 11 is 4.75. The maximum absolute atomic E-state index is 11.5. The van der Waals surface area contributed by atoms with Gasteiger partial charge in [0.25, 0.3) is 5.91 Å². The number of methoxy groups -OCH3 is 1. The number of ether oxygens (including phenoxy) is 1. The van der Waals surface area contributed by atoms with Crippen LogP contribution in [0.2, 0.25) is 0 Å². The molecule has 0 unspecified atom stereocenters. The summed E-state index contributed by atoms with van der Waals surface area (Å²) in [6.45, 7) is 1.86. The van der Waals surface area contributed by atoms with Crippen molar-refractivity contribution >= 4 is 33.2 Å². The van der Waals surface area contributed by atoms with Crippen molar-refractivity contribution in [2.24, 2.45) is 5.73 Å². The van der Waals surface area contributed by atoms with E-state index in [2.05, 4.69) is 20.9 Å². The molecule has 0 atom stereocenters. The van der Waals surface area contributed by atoms with Crippen LogP contribution < -0.4 is 10.5 Å². The van der Waals surface area contributed by atoms with Crippen LogP contribution in [0.25, 0.3) is 11.3 Å². The van der Waals surface area contributed by atoms with Gasteiger partial charge in [-0.25, -0.2) is 4.98 Å². The third-order valence-corrected chi connectivity index (χ3v) is 4.25. The lowest BCUT2D eigenvalue weighted by Gasteiger charge is -2.11. The van der Waals surface area contributed by atoms with Gasteiger partial charge in [-0.2, -0.15) is 0 Å². The summed E-state index contributed by atoms with van der Waals surface area (Å²) in [5, 5.41) is 1.42. The van der Waals surface area contributed by atoms with Crippen molar-refractivity contribution < 1.29 is 9.53 Å². The highest BCUT2D eigenvalue weighted by Gasteiger charge is 2.19. The SMILES string of the molecule is COc1cccc(-c2nc(C)sc2C(N)=O)c1CBr. The highest BCUT2D eigenvalue weighted by atomic mass is 79.9. The van der Waals surface area contributed by atoms with Crippen molar-refractivity contribution in [2.45, 2.75) is 12.3 Å². The normalized spacial score (nSPS) is 10.5. The van der Waals surface area contributed by atoms with Crippen molar-refractivity contribution in [1.82, 2.24) is 4.98 Å². The fourth-order valence-electron chi connectivity index (χ4n) is 1.89. The second-order valence-electron chi connectivity index (χ2n) is 3.89. The van der Waals surface area contributed by atoms with Crippen LogP contribution in [-0.4, -0.2) is 18.0 Å². The molecule has 1 amide bonds. The highest BCUT2D eigenvalue weighted by Crippen LogP contribution is 2.35. The van der Waals surface area contributed by atoms with Crippen LogP contribution >= 0.6 is 27.3 Å². The summed E-state index contributed by atoms with van der Waals surface area (Å²) < 4.78 is 5.33. The molecule has 4 nitrogen and oxygen atoms in total. The van der Waals surface area contributed by atoms with Crippen LogP contribution in [0, 0.1) is 6.92 Å². The lowest BCUT2D eigenvalue weighted by molar-refractivity contribution is 0.100. The maximum atomic E-state index is 11.5. The second-order valence-corrected chi connectivity index (χ2v) is 5.66. The number of aromatic nitrogens is 1. The predicted octanol–water partition coefficient (Wildman–Crippen LogP) is 3.12. The molecule has 0 aliphatic carbocycles. The highest BCUT2D eigenvalue weighted by molar-refractivity contribution is 9.08. The zero-order valence-electron chi connectivity index (χ0n) is 10.6. The molecule has 2 N–H and O–H groups in total. The first-order valence-electron chi connectivity index (χ1n) is 5.58. The minimum absolute atomic E-state index is 0.455. The third-order valence-electron chi connectivity index (χ3n) is 2.70. The number of carbonyl (C=O) groups excluding carboxylic acids is 1. The molecule has 0 spiro atoms. The van der Waals surface area contributed by atoms with E-state index in [0.717, 1.165) is 21.9 Å². The van der Waals surface area contributed by atoms with Gasteiger partial charge >= 0.3 is 0 Å². The molecule has 0 bridgehead atoms. The van der Waals surface area contributed by atoms with Crippen LogP contribution in [0.5, 0.6) is 5.75 Å². The van der Waals surface area contributed by atoms with Crippen molar-refractivity contribution in [3.8, 4) is 17.0 Å². The monoisotopic (exact) mass is 340 g/mol. The number of hydrogen-bond acceptors (Lipinski definition) is 4. The fraction of sp³-hybridized carbons (Fsp3) is 0.231. The fourth-order valence-corrected chi connectivity index (χ4v) is 3.26. The number of alkyl halides is 1. The molecule has 1 aromatic carbocycles. The summed E-state index contributed by atoms with van der Waals surface area (Å²) in [5.74, 6) is 0.305. The molecule has 0 aliphatic rings. The van der Waals surface area contributed by atoms with Crippen molar-refractivity contribution in [1.29, 1.82) is 0 Å². The number of primary amides is 1. The van der Waals surface area contributed by atoms with Crippen LogP contribution in [0.1, 0.15) is 20.2 Å². The lowest BCUT2D eigenvalue weighted by atomic mass is 10.0. The molecule has 100 valence electrons. The summed E-state index contributed by atoms with van der Waals surface area (Å²) in [5.41, 5.74) is 7.87. The number of nitrogens with two attached hydrogens (primary N) is 1. The number of aryl methyl sites for hydroxylation is 1. The van der Waals surface area contributed by atoms with Gasteiger partial charge in [0.05, 0.1) is 17.8 Å². The number of hydrogen-bond donors (Lipinski definition) is 1. The van der Waals surface area contributed by atoms with Gasteiger partial charge in [-0.05, 0) is 13.0 Å². The molecule has 0 aliphatic heterocycles. The number of carbonyl (C=O) groups is 1. The van der Waals surface area contributed by atoms with Gasteiger partial charge in [-0.3, -0.25) is 4.79 Å². The van der Waals surface area contributed by atoms with E-state index in [0.29, 0.717) is 15.9 Å². The number of rotatable bonds is 4. The van der Waals surface area contributed by atoms with Crippen molar-refractivity contribution in [3.05, 3.63) is 33.6 Å². The smallest absolute Gasteiger partial charge is 0.261 e. The van der Waals surface area contributed by atoms with Crippen LogP contribution in [-0.2, 0) is 5.33 Å². The number of nitrogens with zero attached hydrogens (tertiary/aromatic N) is 1. The molecule has 0 saturated carbocycles. The molecule has 2 rings (SSSR count). The van der Waals surface area contributed by atoms with E-state index in [1.165, 1.54) is 11.3 Å². The van der Waals surface area contributed by atoms with Crippen LogP contribution in [0.15, 0.2) is 18.2 Å². The Hall–Kier alpha value is -1.40. The molecule has 0 fully saturated rings. The van der Waals surface area contributed by atoms with Gasteiger partial charge in [0.1, 0.15) is 10.6 Å². The first-order chi connectivity index (χ1) is 9.08. The van der Waals surface area contributed by atoms with Gasteiger partial charge < -0.3 is 10.5 Å². The van der Waals surface area contributed by atoms with Crippen molar-refractivity contribution in [3.63, 3.8) is 0 Å². The lowest BCUT2D eigenvalue weighted by Crippen LogP contribution is -2.10. The average Bonchev–Trinajstić information content (AvgIpc) is 2.79. The Bertz CT molecular complexity index is 625. The number of thiazole rings is 1. The van der Waals surface area contributed by atoms with E-state index >= 15 is 0 Å². The van der Waals surface area contributed by atoms with Gasteiger partial charge in [-0.15, -0.1) is 11.3 Å². The Balaban J connectivity index is 2.68. The largest absolute Gasteiger partial charge is 0.496 e. The number of halogens is 1. The molecule has 1 heterocycles. The van der Waals surface area contributed by atoms with Gasteiger partial charge in [-0.1, -0.05) is 28.1 Å². The minimum atomic E-state index is -0.455. The Labute approximate surface area is 123 Å². The van der Waals surface area contributed by atoms with Gasteiger partial charge in [0, 0.05) is 16.5 Å². The summed E-state index contributed by atoms with van der Waals surface area (Å²) in [6, 6.07) is 5.67. The van der Waals surface area contributed by atoms with Crippen molar-refractivity contribution in [2.75, 3.05) is 7.11 Å². The molecule has 0 saturated heterocycles. The van der Waals surface area contributed by atoms with Gasteiger partial charge in [0.2, 0.25) is 0 Å². The van der Waals surface area contributed by atoms with E-state index < -0.39 is 5.91 Å². The molecular formula is C13H13BrN2O2S. The molecule has 0 radical (unpaired) electrons. The van der Waals surface area contributed by atoms with Gasteiger partial charge in [0.15, 0.2) is 0 Å². The predicted molar refractivity (Wildman–Crippen MR) is 80.0 cm³/mol. The maximum Gasteiger partial charge on any atom is 0.261 e. The number of amides is 1. The summed E-state index contributed by atoms with van der Waals surface area (Å²) in [4.78, 5) is 16.4. The first kappa shape index (κ1) is 14.0. The van der Waals surface area contributed by atoms with E-state index in [9.17, 15) is 4.79 Å². The Morgan fingerprint density at radius 3 is 2.84 bits per heavy atom. The summed E-state index contributed by atoms with van der Waals surface area (Å²) in [6.07, 6.45) is 0. The molecule has 19 heavy (non-hydrogen) atoms. The molecule has 1 aromatic heterocycles. The first-order valence-corrected chi connectivity index (χ1v) is 7.51. The topological polar surface area (TPSA) is 65.2 Å². The van der Waals surface area contributed by atoms with E-state index in [1.807, 2.05) is 25.1 Å². The molecule has 6 heteroatoms. The third kappa shape index (κ3) is 2.64. The minimum Gasteiger partial charge on any atom is -0.496 e. The van der Waals surface area contributed by atoms with E-state index in [4.69, 9.17) is 10.5 Å². The number of benzene rings is 1. The van der Waals surface area contributed by atoms with Crippen LogP contribution in [0.3, 0.4) is 0 Å².